The maximum Gasteiger partial charge on any atom is 0.276 e. The molecule has 0 bridgehead atoms. The van der Waals surface area contributed by atoms with Gasteiger partial charge in [0.1, 0.15) is 0 Å². The van der Waals surface area contributed by atoms with E-state index in [1.54, 1.807) is 43.5 Å². The first-order chi connectivity index (χ1) is 13.0. The Hall–Kier alpha value is -3.06. The lowest BCUT2D eigenvalue weighted by Crippen LogP contribution is -2.18. The van der Waals surface area contributed by atoms with E-state index in [4.69, 9.17) is 9.47 Å². The Labute approximate surface area is 158 Å². The lowest BCUT2D eigenvalue weighted by Gasteiger charge is -2.09. The average molecular weight is 384 g/mol. The van der Waals surface area contributed by atoms with E-state index in [1.165, 1.54) is 6.21 Å². The van der Waals surface area contributed by atoms with Crippen molar-refractivity contribution in [3.8, 4) is 11.5 Å². The maximum atomic E-state index is 12.5. The number of sulfonamides is 1. The number of fused-ring (bicyclic) bond motifs is 1. The van der Waals surface area contributed by atoms with Gasteiger partial charge < -0.3 is 9.47 Å². The van der Waals surface area contributed by atoms with Gasteiger partial charge in [0.15, 0.2) is 11.5 Å². The van der Waals surface area contributed by atoms with Gasteiger partial charge in [0.2, 0.25) is 0 Å². The van der Waals surface area contributed by atoms with Crippen LogP contribution in [0.15, 0.2) is 70.7 Å². The first kappa shape index (κ1) is 18.7. The van der Waals surface area contributed by atoms with Crippen LogP contribution in [0.3, 0.4) is 0 Å². The summed E-state index contributed by atoms with van der Waals surface area (Å²) in [6, 6.07) is 17.7. The van der Waals surface area contributed by atoms with Crippen molar-refractivity contribution in [3.05, 3.63) is 66.2 Å². The lowest BCUT2D eigenvalue weighted by atomic mass is 10.1. The molecule has 0 fully saturated rings. The number of rotatable bonds is 7. The Kier molecular flexibility index (Phi) is 5.61. The largest absolute Gasteiger partial charge is 0.493 e. The predicted octanol–water partition coefficient (Wildman–Crippen LogP) is 3.56. The molecular formula is C20H20N2O4S. The van der Waals surface area contributed by atoms with Crippen LogP contribution in [0.5, 0.6) is 11.5 Å². The van der Waals surface area contributed by atoms with Gasteiger partial charge in [-0.1, -0.05) is 30.3 Å². The number of nitrogens with zero attached hydrogens (tertiary/aromatic N) is 1. The van der Waals surface area contributed by atoms with Crippen LogP contribution in [0.4, 0.5) is 0 Å². The fourth-order valence-corrected chi connectivity index (χ4v) is 3.43. The van der Waals surface area contributed by atoms with Crippen LogP contribution in [-0.4, -0.2) is 28.3 Å². The molecular weight excluding hydrogens is 364 g/mol. The number of hydrogen-bond acceptors (Lipinski definition) is 5. The summed E-state index contributed by atoms with van der Waals surface area (Å²) in [6.45, 7) is 2.36. The Bertz CT molecular complexity index is 1080. The monoisotopic (exact) mass is 384 g/mol. The number of hydrogen-bond donors (Lipinski definition) is 1. The molecule has 1 N–H and O–H groups in total. The SMILES string of the molecule is CCOc1cc(/C=N\NS(=O)(=O)c2ccc3ccccc3c2)ccc1OC. The van der Waals surface area contributed by atoms with E-state index in [9.17, 15) is 8.42 Å². The Morgan fingerprint density at radius 3 is 2.52 bits per heavy atom. The van der Waals surface area contributed by atoms with Crippen LogP contribution in [0, 0.1) is 0 Å². The highest BCUT2D eigenvalue weighted by Gasteiger charge is 2.13. The summed E-state index contributed by atoms with van der Waals surface area (Å²) in [5.41, 5.74) is 0.681. The Morgan fingerprint density at radius 2 is 1.78 bits per heavy atom. The molecule has 0 unspecified atom stereocenters. The quantitative estimate of drug-likeness (QED) is 0.499. The number of benzene rings is 3. The first-order valence-electron chi connectivity index (χ1n) is 8.38. The van der Waals surface area contributed by atoms with Crippen molar-refractivity contribution in [3.63, 3.8) is 0 Å². The fraction of sp³-hybridized carbons (Fsp3) is 0.150. The van der Waals surface area contributed by atoms with Gasteiger partial charge >= 0.3 is 0 Å². The molecule has 0 atom stereocenters. The van der Waals surface area contributed by atoms with Crippen molar-refractivity contribution in [1.29, 1.82) is 0 Å². The van der Waals surface area contributed by atoms with Crippen LogP contribution in [-0.2, 0) is 10.0 Å². The molecule has 0 aliphatic carbocycles. The standard InChI is InChI=1S/C20H20N2O4S/c1-3-26-20-12-15(8-11-19(20)25-2)14-21-22-27(23,24)18-10-9-16-6-4-5-7-17(16)13-18/h4-14,22H,3H2,1-2H3/b21-14-. The number of methoxy groups -OCH3 is 1. The van der Waals surface area contributed by atoms with Crippen molar-refractivity contribution in [2.24, 2.45) is 5.10 Å². The minimum atomic E-state index is -3.76. The van der Waals surface area contributed by atoms with Gasteiger partial charge in [-0.25, -0.2) is 4.83 Å². The van der Waals surface area contributed by atoms with Crippen molar-refractivity contribution in [1.82, 2.24) is 4.83 Å². The summed E-state index contributed by atoms with van der Waals surface area (Å²) >= 11 is 0. The molecule has 0 aliphatic heterocycles. The molecule has 3 aromatic carbocycles. The summed E-state index contributed by atoms with van der Waals surface area (Å²) in [5, 5.41) is 5.69. The minimum absolute atomic E-state index is 0.156. The zero-order valence-electron chi connectivity index (χ0n) is 15.0. The minimum Gasteiger partial charge on any atom is -0.493 e. The van der Waals surface area contributed by atoms with E-state index in [2.05, 4.69) is 9.93 Å². The highest BCUT2D eigenvalue weighted by Crippen LogP contribution is 2.27. The summed E-state index contributed by atoms with van der Waals surface area (Å²) in [5.74, 6) is 1.17. The molecule has 3 aromatic rings. The molecule has 0 radical (unpaired) electrons. The highest BCUT2D eigenvalue weighted by molar-refractivity contribution is 7.89. The molecule has 0 heterocycles. The van der Waals surface area contributed by atoms with Crippen LogP contribution in [0.2, 0.25) is 0 Å². The van der Waals surface area contributed by atoms with Crippen molar-refractivity contribution < 1.29 is 17.9 Å². The van der Waals surface area contributed by atoms with E-state index in [-0.39, 0.29) is 4.90 Å². The van der Waals surface area contributed by atoms with Gasteiger partial charge in [0.25, 0.3) is 10.0 Å². The second-order valence-corrected chi connectivity index (χ2v) is 7.37. The van der Waals surface area contributed by atoms with Gasteiger partial charge in [0, 0.05) is 0 Å². The molecule has 6 nitrogen and oxygen atoms in total. The number of nitrogens with one attached hydrogen (secondary N) is 1. The summed E-state index contributed by atoms with van der Waals surface area (Å²) in [6.07, 6.45) is 1.42. The van der Waals surface area contributed by atoms with E-state index < -0.39 is 10.0 Å². The van der Waals surface area contributed by atoms with Crippen molar-refractivity contribution in [2.45, 2.75) is 11.8 Å². The molecule has 7 heteroatoms. The van der Waals surface area contributed by atoms with Crippen LogP contribution >= 0.6 is 0 Å². The molecule has 0 aromatic heterocycles. The maximum absolute atomic E-state index is 12.5. The van der Waals surface area contributed by atoms with Gasteiger partial charge in [-0.3, -0.25) is 0 Å². The molecule has 3 rings (SSSR count). The third-order valence-electron chi connectivity index (χ3n) is 3.91. The summed E-state index contributed by atoms with van der Waals surface area (Å²) in [7, 11) is -2.20. The average Bonchev–Trinajstić information content (AvgIpc) is 2.68. The second kappa shape index (κ2) is 8.09. The van der Waals surface area contributed by atoms with E-state index >= 15 is 0 Å². The van der Waals surface area contributed by atoms with Crippen LogP contribution in [0.25, 0.3) is 10.8 Å². The predicted molar refractivity (Wildman–Crippen MR) is 106 cm³/mol. The molecule has 27 heavy (non-hydrogen) atoms. The van der Waals surface area contributed by atoms with Gasteiger partial charge in [-0.15, -0.1) is 0 Å². The van der Waals surface area contributed by atoms with Crippen molar-refractivity contribution in [2.75, 3.05) is 13.7 Å². The lowest BCUT2D eigenvalue weighted by molar-refractivity contribution is 0.311. The topological polar surface area (TPSA) is 77.0 Å². The Balaban J connectivity index is 1.78. The van der Waals surface area contributed by atoms with Crippen molar-refractivity contribution >= 4 is 27.0 Å². The molecule has 0 amide bonds. The van der Waals surface area contributed by atoms with Gasteiger partial charge in [-0.2, -0.15) is 13.5 Å². The molecule has 0 saturated carbocycles. The smallest absolute Gasteiger partial charge is 0.276 e. The molecule has 140 valence electrons. The third kappa shape index (κ3) is 4.38. The van der Waals surface area contributed by atoms with E-state index in [0.29, 0.717) is 23.7 Å². The molecule has 0 spiro atoms. The fourth-order valence-electron chi connectivity index (χ4n) is 2.60. The van der Waals surface area contributed by atoms with E-state index in [1.807, 2.05) is 31.2 Å². The third-order valence-corrected chi connectivity index (χ3v) is 5.13. The number of ether oxygens (including phenoxy) is 2. The highest BCUT2D eigenvalue weighted by atomic mass is 32.2. The van der Waals surface area contributed by atoms with Gasteiger partial charge in [-0.05, 0) is 53.6 Å². The first-order valence-corrected chi connectivity index (χ1v) is 9.86. The van der Waals surface area contributed by atoms with Gasteiger partial charge in [0.05, 0.1) is 24.8 Å². The Morgan fingerprint density at radius 1 is 1.00 bits per heavy atom. The van der Waals surface area contributed by atoms with Crippen LogP contribution in [0.1, 0.15) is 12.5 Å². The summed E-state index contributed by atoms with van der Waals surface area (Å²) in [4.78, 5) is 2.39. The normalized spacial score (nSPS) is 11.6. The zero-order chi connectivity index (χ0) is 19.3. The zero-order valence-corrected chi connectivity index (χ0v) is 15.9. The van der Waals surface area contributed by atoms with Crippen LogP contribution < -0.4 is 14.3 Å². The second-order valence-electron chi connectivity index (χ2n) is 5.71. The molecule has 0 aliphatic rings. The molecule has 0 saturated heterocycles. The number of hydrazone groups is 1. The summed E-state index contributed by atoms with van der Waals surface area (Å²) < 4.78 is 35.7. The van der Waals surface area contributed by atoms with E-state index in [0.717, 1.165) is 10.8 Å².